The summed E-state index contributed by atoms with van der Waals surface area (Å²) in [5.41, 5.74) is 1.56. The van der Waals surface area contributed by atoms with Crippen molar-refractivity contribution in [1.29, 1.82) is 0 Å². The van der Waals surface area contributed by atoms with Gasteiger partial charge in [0.05, 0.1) is 5.75 Å². The molecule has 0 spiro atoms. The van der Waals surface area contributed by atoms with Gasteiger partial charge in [0.15, 0.2) is 5.58 Å². The highest BCUT2D eigenvalue weighted by atomic mass is 32.2. The maximum Gasteiger partial charge on any atom is 0.257 e. The van der Waals surface area contributed by atoms with Crippen LogP contribution >= 0.6 is 11.8 Å². The minimum absolute atomic E-state index is 0.000118. The van der Waals surface area contributed by atoms with Gasteiger partial charge in [-0.05, 0) is 30.7 Å². The third kappa shape index (κ3) is 3.76. The second-order valence-electron chi connectivity index (χ2n) is 5.92. The van der Waals surface area contributed by atoms with E-state index >= 15 is 0 Å². The Labute approximate surface area is 149 Å². The van der Waals surface area contributed by atoms with Crippen molar-refractivity contribution in [3.8, 4) is 0 Å². The number of pyridine rings is 1. The fraction of sp³-hybridized carbons (Fsp3) is 0.278. The van der Waals surface area contributed by atoms with E-state index < -0.39 is 0 Å². The summed E-state index contributed by atoms with van der Waals surface area (Å²) >= 11 is 1.32. The van der Waals surface area contributed by atoms with Crippen LogP contribution in [0.25, 0.3) is 11.1 Å². The van der Waals surface area contributed by atoms with Gasteiger partial charge in [0.25, 0.3) is 5.22 Å². The Balaban J connectivity index is 1.28. The van der Waals surface area contributed by atoms with Crippen LogP contribution in [0, 0.1) is 0 Å². The summed E-state index contributed by atoms with van der Waals surface area (Å²) in [5.74, 6) is 1.26. The second-order valence-corrected chi connectivity index (χ2v) is 6.85. The zero-order valence-electron chi connectivity index (χ0n) is 13.6. The Morgan fingerprint density at radius 3 is 3.00 bits per heavy atom. The molecular formula is C18H18N4O2S. The molecule has 6 nitrogen and oxygen atoms in total. The summed E-state index contributed by atoms with van der Waals surface area (Å²) in [4.78, 5) is 23.1. The first kappa shape index (κ1) is 16.0. The van der Waals surface area contributed by atoms with Crippen molar-refractivity contribution in [2.24, 2.45) is 0 Å². The van der Waals surface area contributed by atoms with Crippen LogP contribution < -0.4 is 10.2 Å². The van der Waals surface area contributed by atoms with Gasteiger partial charge in [0.2, 0.25) is 5.91 Å². The highest BCUT2D eigenvalue weighted by Crippen LogP contribution is 2.23. The number of aromatic nitrogens is 2. The molecule has 1 aromatic carbocycles. The number of nitrogens with zero attached hydrogens (tertiary/aromatic N) is 3. The van der Waals surface area contributed by atoms with E-state index in [-0.39, 0.29) is 11.9 Å². The first-order valence-electron chi connectivity index (χ1n) is 8.22. The van der Waals surface area contributed by atoms with Crippen LogP contribution in [0.5, 0.6) is 0 Å². The molecule has 1 fully saturated rings. The summed E-state index contributed by atoms with van der Waals surface area (Å²) < 4.78 is 5.62. The zero-order valence-corrected chi connectivity index (χ0v) is 14.4. The van der Waals surface area contributed by atoms with E-state index in [0.29, 0.717) is 11.0 Å². The lowest BCUT2D eigenvalue weighted by molar-refractivity contribution is -0.119. The van der Waals surface area contributed by atoms with Crippen LogP contribution in [0.1, 0.15) is 6.42 Å². The van der Waals surface area contributed by atoms with Crippen LogP contribution in [-0.2, 0) is 4.79 Å². The molecule has 25 heavy (non-hydrogen) atoms. The third-order valence-corrected chi connectivity index (χ3v) is 4.96. The van der Waals surface area contributed by atoms with Crippen molar-refractivity contribution < 1.29 is 9.21 Å². The molecule has 1 aliphatic heterocycles. The van der Waals surface area contributed by atoms with E-state index in [1.54, 1.807) is 6.20 Å². The van der Waals surface area contributed by atoms with Gasteiger partial charge >= 0.3 is 0 Å². The number of hydrogen-bond donors (Lipinski definition) is 1. The molecule has 0 aliphatic carbocycles. The third-order valence-electron chi connectivity index (χ3n) is 4.13. The van der Waals surface area contributed by atoms with Crippen LogP contribution in [0.15, 0.2) is 58.3 Å². The number of anilines is 1. The molecule has 128 valence electrons. The molecule has 1 unspecified atom stereocenters. The average molecular weight is 354 g/mol. The molecule has 1 saturated heterocycles. The van der Waals surface area contributed by atoms with Gasteiger partial charge in [0.1, 0.15) is 11.3 Å². The van der Waals surface area contributed by atoms with Crippen LogP contribution in [0.4, 0.5) is 5.82 Å². The predicted octanol–water partition coefficient (Wildman–Crippen LogP) is 2.71. The predicted molar refractivity (Wildman–Crippen MR) is 97.7 cm³/mol. The number of carbonyl (C=O) groups is 1. The number of carbonyl (C=O) groups excluding carboxylic acids is 1. The minimum Gasteiger partial charge on any atom is -0.431 e. The number of hydrogen-bond acceptors (Lipinski definition) is 6. The summed E-state index contributed by atoms with van der Waals surface area (Å²) in [6, 6.07) is 13.6. The van der Waals surface area contributed by atoms with Gasteiger partial charge in [0, 0.05) is 25.3 Å². The molecule has 3 aromatic rings. The van der Waals surface area contributed by atoms with Gasteiger partial charge < -0.3 is 14.6 Å². The van der Waals surface area contributed by atoms with E-state index in [2.05, 4.69) is 20.2 Å². The Morgan fingerprint density at radius 2 is 2.16 bits per heavy atom. The number of para-hydroxylation sites is 2. The maximum atomic E-state index is 12.2. The molecule has 0 bridgehead atoms. The quantitative estimate of drug-likeness (QED) is 0.711. The number of benzene rings is 1. The van der Waals surface area contributed by atoms with Crippen molar-refractivity contribution in [3.63, 3.8) is 0 Å². The SMILES string of the molecule is O=C(CSc1nc2ccccc2o1)NC1CCN(c2ccccn2)C1. The molecule has 2 aromatic heterocycles. The van der Waals surface area contributed by atoms with E-state index in [9.17, 15) is 4.79 Å². The summed E-state index contributed by atoms with van der Waals surface area (Å²) in [6.45, 7) is 1.69. The molecular weight excluding hydrogens is 336 g/mol. The molecule has 1 atom stereocenters. The lowest BCUT2D eigenvalue weighted by Crippen LogP contribution is -2.38. The molecule has 3 heterocycles. The number of oxazole rings is 1. The highest BCUT2D eigenvalue weighted by Gasteiger charge is 2.24. The van der Waals surface area contributed by atoms with Gasteiger partial charge in [-0.2, -0.15) is 0 Å². The van der Waals surface area contributed by atoms with Crippen molar-refractivity contribution in [3.05, 3.63) is 48.7 Å². The van der Waals surface area contributed by atoms with Crippen molar-refractivity contribution >= 4 is 34.6 Å². The number of fused-ring (bicyclic) bond motifs is 1. The first-order chi connectivity index (χ1) is 12.3. The smallest absolute Gasteiger partial charge is 0.257 e. The summed E-state index contributed by atoms with van der Waals surface area (Å²) in [7, 11) is 0. The molecule has 7 heteroatoms. The summed E-state index contributed by atoms with van der Waals surface area (Å²) in [6.07, 6.45) is 2.72. The Bertz CT molecular complexity index is 835. The van der Waals surface area contributed by atoms with E-state index in [4.69, 9.17) is 4.42 Å². The monoisotopic (exact) mass is 354 g/mol. The van der Waals surface area contributed by atoms with Crippen LogP contribution in [0.3, 0.4) is 0 Å². The summed E-state index contributed by atoms with van der Waals surface area (Å²) in [5, 5.41) is 3.61. The van der Waals surface area contributed by atoms with E-state index in [1.807, 2.05) is 42.5 Å². The average Bonchev–Trinajstić information content (AvgIpc) is 3.27. The fourth-order valence-electron chi connectivity index (χ4n) is 2.94. The normalized spacial score (nSPS) is 17.1. The Hall–Kier alpha value is -2.54. The van der Waals surface area contributed by atoms with Crippen molar-refractivity contribution in [1.82, 2.24) is 15.3 Å². The van der Waals surface area contributed by atoms with Crippen LogP contribution in [-0.4, -0.2) is 40.8 Å². The molecule has 0 saturated carbocycles. The van der Waals surface area contributed by atoms with Crippen LogP contribution in [0.2, 0.25) is 0 Å². The standard InChI is InChI=1S/C18H18N4O2S/c23-17(12-25-18-21-14-5-1-2-6-15(14)24-18)20-13-8-10-22(11-13)16-7-3-4-9-19-16/h1-7,9,13H,8,10-12H2,(H,20,23). The van der Waals surface area contributed by atoms with Gasteiger partial charge in [-0.25, -0.2) is 9.97 Å². The number of rotatable bonds is 5. The molecule has 0 radical (unpaired) electrons. The topological polar surface area (TPSA) is 71.3 Å². The minimum atomic E-state index is 0.000118. The van der Waals surface area contributed by atoms with Gasteiger partial charge in [-0.15, -0.1) is 0 Å². The number of amides is 1. The molecule has 1 amide bonds. The fourth-order valence-corrected chi connectivity index (χ4v) is 3.59. The number of nitrogens with one attached hydrogen (secondary N) is 1. The number of thioether (sulfide) groups is 1. The zero-order chi connectivity index (χ0) is 17.1. The first-order valence-corrected chi connectivity index (χ1v) is 9.20. The van der Waals surface area contributed by atoms with Gasteiger partial charge in [-0.3, -0.25) is 4.79 Å². The lowest BCUT2D eigenvalue weighted by Gasteiger charge is -2.17. The van der Waals surface area contributed by atoms with Crippen molar-refractivity contribution in [2.45, 2.75) is 17.7 Å². The Kier molecular flexibility index (Phi) is 4.56. The lowest BCUT2D eigenvalue weighted by atomic mass is 10.2. The molecule has 4 rings (SSSR count). The van der Waals surface area contributed by atoms with E-state index in [0.717, 1.165) is 36.4 Å². The van der Waals surface area contributed by atoms with E-state index in [1.165, 1.54) is 11.8 Å². The second kappa shape index (κ2) is 7.14. The molecule has 1 N–H and O–H groups in total. The maximum absolute atomic E-state index is 12.2. The largest absolute Gasteiger partial charge is 0.431 e. The molecule has 1 aliphatic rings. The highest BCUT2D eigenvalue weighted by molar-refractivity contribution is 7.99. The van der Waals surface area contributed by atoms with Crippen molar-refractivity contribution in [2.75, 3.05) is 23.7 Å². The Morgan fingerprint density at radius 1 is 1.28 bits per heavy atom. The van der Waals surface area contributed by atoms with Gasteiger partial charge in [-0.1, -0.05) is 30.0 Å².